The molecular weight excluding hydrogens is 256 g/mol. The first-order valence-corrected chi connectivity index (χ1v) is 7.07. The maximum atomic E-state index is 11.2. The van der Waals surface area contributed by atoms with Crippen molar-refractivity contribution in [3.8, 4) is 0 Å². The number of hydrogen-bond acceptors (Lipinski definition) is 6. The molecule has 8 heteroatoms. The highest BCUT2D eigenvalue weighted by molar-refractivity contribution is 7.85. The van der Waals surface area contributed by atoms with Gasteiger partial charge in [0, 0.05) is 34.4 Å². The first kappa shape index (κ1) is 12.7. The van der Waals surface area contributed by atoms with Crippen LogP contribution in [0.5, 0.6) is 0 Å². The second kappa shape index (κ2) is 5.30. The van der Waals surface area contributed by atoms with E-state index in [0.29, 0.717) is 11.5 Å². The lowest BCUT2D eigenvalue weighted by molar-refractivity contribution is -0.384. The number of rotatable bonds is 3. The maximum absolute atomic E-state index is 11.2. The van der Waals surface area contributed by atoms with Crippen LogP contribution >= 0.6 is 0 Å². The van der Waals surface area contributed by atoms with Crippen LogP contribution in [-0.4, -0.2) is 31.7 Å². The monoisotopic (exact) mass is 270 g/mol. The minimum Gasteiger partial charge on any atom is -0.384 e. The van der Waals surface area contributed by atoms with Gasteiger partial charge in [0.15, 0.2) is 0 Å². The lowest BCUT2D eigenvalue weighted by Gasteiger charge is -2.22. The Morgan fingerprint density at radius 2 is 2.11 bits per heavy atom. The lowest BCUT2D eigenvalue weighted by atomic mass is 10.1. The van der Waals surface area contributed by atoms with Crippen LogP contribution < -0.4 is 11.1 Å². The van der Waals surface area contributed by atoms with Crippen LogP contribution in [0.25, 0.3) is 0 Å². The number of hydrogen-bond donors (Lipinski definition) is 2. The maximum Gasteiger partial charge on any atom is 0.311 e. The summed E-state index contributed by atoms with van der Waals surface area (Å²) in [5.41, 5.74) is 5.45. The molecule has 3 N–H and O–H groups in total. The highest BCUT2D eigenvalue weighted by Gasteiger charge is 2.22. The molecule has 18 heavy (non-hydrogen) atoms. The zero-order chi connectivity index (χ0) is 13.1. The molecule has 0 bridgehead atoms. The van der Waals surface area contributed by atoms with Crippen LogP contribution in [0.1, 0.15) is 12.8 Å². The van der Waals surface area contributed by atoms with Gasteiger partial charge in [-0.3, -0.25) is 14.3 Å². The van der Waals surface area contributed by atoms with Crippen LogP contribution in [-0.2, 0) is 10.8 Å². The molecule has 2 rings (SSSR count). The Kier molecular flexibility index (Phi) is 3.75. The van der Waals surface area contributed by atoms with Gasteiger partial charge in [0.1, 0.15) is 5.82 Å². The van der Waals surface area contributed by atoms with E-state index in [-0.39, 0.29) is 23.4 Å². The summed E-state index contributed by atoms with van der Waals surface area (Å²) in [7, 11) is -0.756. The topological polar surface area (TPSA) is 111 Å². The van der Waals surface area contributed by atoms with E-state index in [2.05, 4.69) is 10.3 Å². The van der Waals surface area contributed by atoms with E-state index in [0.717, 1.165) is 12.8 Å². The van der Waals surface area contributed by atoms with Gasteiger partial charge in [0.25, 0.3) is 0 Å². The first-order chi connectivity index (χ1) is 8.56. The highest BCUT2D eigenvalue weighted by atomic mass is 32.2. The normalized spacial score (nSPS) is 23.6. The summed E-state index contributed by atoms with van der Waals surface area (Å²) >= 11 is 0. The molecule has 0 aliphatic carbocycles. The number of nitrogens with two attached hydrogens (primary N) is 1. The van der Waals surface area contributed by atoms with E-state index in [1.54, 1.807) is 0 Å². The Balaban J connectivity index is 2.15. The smallest absolute Gasteiger partial charge is 0.311 e. The Hall–Kier alpha value is -1.70. The van der Waals surface area contributed by atoms with Crippen molar-refractivity contribution in [2.45, 2.75) is 18.9 Å². The van der Waals surface area contributed by atoms with E-state index in [9.17, 15) is 14.3 Å². The van der Waals surface area contributed by atoms with Crippen molar-refractivity contribution in [1.29, 1.82) is 0 Å². The summed E-state index contributed by atoms with van der Waals surface area (Å²) in [5.74, 6) is 1.67. The average Bonchev–Trinajstić information content (AvgIpc) is 2.32. The molecule has 0 aromatic carbocycles. The van der Waals surface area contributed by atoms with Gasteiger partial charge < -0.3 is 11.1 Å². The molecule has 2 heterocycles. The van der Waals surface area contributed by atoms with E-state index >= 15 is 0 Å². The summed E-state index contributed by atoms with van der Waals surface area (Å²) in [6, 6.07) is 2.81. The van der Waals surface area contributed by atoms with Gasteiger partial charge in [-0.25, -0.2) is 4.98 Å². The highest BCUT2D eigenvalue weighted by Crippen LogP contribution is 2.25. The third kappa shape index (κ3) is 2.95. The molecular formula is C10H14N4O3S. The van der Waals surface area contributed by atoms with Crippen molar-refractivity contribution in [3.05, 3.63) is 22.2 Å². The molecule has 1 aliphatic heterocycles. The van der Waals surface area contributed by atoms with Crippen LogP contribution in [0, 0.1) is 10.1 Å². The summed E-state index contributed by atoms with van der Waals surface area (Å²) in [6.45, 7) is 0. The number of nitro groups is 1. The molecule has 7 nitrogen and oxygen atoms in total. The summed E-state index contributed by atoms with van der Waals surface area (Å²) < 4.78 is 11.2. The predicted octanol–water partition coefficient (Wildman–Crippen LogP) is 0.895. The molecule has 1 aliphatic rings. The molecule has 0 amide bonds. The van der Waals surface area contributed by atoms with Crippen molar-refractivity contribution in [2.75, 3.05) is 22.6 Å². The predicted molar refractivity (Wildman–Crippen MR) is 69.8 cm³/mol. The van der Waals surface area contributed by atoms with Gasteiger partial charge in [-0.05, 0) is 18.9 Å². The van der Waals surface area contributed by atoms with Crippen LogP contribution in [0.4, 0.5) is 17.3 Å². The number of anilines is 2. The Labute approximate surface area is 106 Å². The van der Waals surface area contributed by atoms with Gasteiger partial charge in [-0.15, -0.1) is 0 Å². The van der Waals surface area contributed by atoms with Gasteiger partial charge in [0.2, 0.25) is 5.82 Å². The van der Waals surface area contributed by atoms with E-state index < -0.39 is 15.7 Å². The van der Waals surface area contributed by atoms with Crippen LogP contribution in [0.3, 0.4) is 0 Å². The van der Waals surface area contributed by atoms with Gasteiger partial charge in [-0.2, -0.15) is 0 Å². The van der Waals surface area contributed by atoms with E-state index in [4.69, 9.17) is 5.73 Å². The zero-order valence-electron chi connectivity index (χ0n) is 9.67. The number of nitrogens with zero attached hydrogens (tertiary/aromatic N) is 2. The standard InChI is InChI=1S/C10H14N4O3S/c11-9-2-1-8(14(15)16)10(13-9)12-7-3-5-18(17)6-4-7/h1-2,7H,3-6H2,(H3,11,12,13). The molecule has 1 fully saturated rings. The number of nitrogens with one attached hydrogen (secondary N) is 1. The largest absolute Gasteiger partial charge is 0.384 e. The van der Waals surface area contributed by atoms with Crippen molar-refractivity contribution in [2.24, 2.45) is 0 Å². The van der Waals surface area contributed by atoms with Crippen molar-refractivity contribution in [3.63, 3.8) is 0 Å². The van der Waals surface area contributed by atoms with Crippen molar-refractivity contribution < 1.29 is 9.13 Å². The minimum absolute atomic E-state index is 0.0655. The zero-order valence-corrected chi connectivity index (χ0v) is 10.5. The molecule has 0 saturated carbocycles. The summed E-state index contributed by atoms with van der Waals surface area (Å²) in [5, 5.41) is 13.9. The van der Waals surface area contributed by atoms with E-state index in [1.165, 1.54) is 12.1 Å². The van der Waals surface area contributed by atoms with Crippen LogP contribution in [0.2, 0.25) is 0 Å². The van der Waals surface area contributed by atoms with Crippen LogP contribution in [0.15, 0.2) is 12.1 Å². The lowest BCUT2D eigenvalue weighted by Crippen LogP contribution is -2.30. The van der Waals surface area contributed by atoms with E-state index in [1.807, 2.05) is 0 Å². The summed E-state index contributed by atoms with van der Waals surface area (Å²) in [6.07, 6.45) is 1.44. The second-order valence-electron chi connectivity index (χ2n) is 4.13. The van der Waals surface area contributed by atoms with Gasteiger partial charge in [-0.1, -0.05) is 0 Å². The number of pyridine rings is 1. The molecule has 0 radical (unpaired) electrons. The molecule has 0 atom stereocenters. The quantitative estimate of drug-likeness (QED) is 0.623. The Bertz CT molecular complexity index is 484. The Morgan fingerprint density at radius 3 is 2.72 bits per heavy atom. The number of aromatic nitrogens is 1. The molecule has 0 spiro atoms. The fraction of sp³-hybridized carbons (Fsp3) is 0.500. The fourth-order valence-electron chi connectivity index (χ4n) is 1.85. The van der Waals surface area contributed by atoms with Gasteiger partial charge >= 0.3 is 5.69 Å². The van der Waals surface area contributed by atoms with Crippen molar-refractivity contribution >= 4 is 28.1 Å². The van der Waals surface area contributed by atoms with Gasteiger partial charge in [0.05, 0.1) is 4.92 Å². The Morgan fingerprint density at radius 1 is 1.44 bits per heavy atom. The van der Waals surface area contributed by atoms with Crippen molar-refractivity contribution in [1.82, 2.24) is 4.98 Å². The molecule has 98 valence electrons. The third-order valence-corrected chi connectivity index (χ3v) is 4.20. The average molecular weight is 270 g/mol. The number of nitrogen functional groups attached to an aromatic ring is 1. The third-order valence-electron chi connectivity index (χ3n) is 2.82. The molecule has 0 unspecified atom stereocenters. The first-order valence-electron chi connectivity index (χ1n) is 5.58. The molecule has 1 aromatic rings. The summed E-state index contributed by atoms with van der Waals surface area (Å²) in [4.78, 5) is 14.3. The fourth-order valence-corrected chi connectivity index (χ4v) is 3.15. The minimum atomic E-state index is -0.756. The molecule has 1 saturated heterocycles. The second-order valence-corrected chi connectivity index (χ2v) is 5.82. The molecule has 1 aromatic heterocycles. The SMILES string of the molecule is Nc1ccc([N+](=O)[O-])c(NC2CCS(=O)CC2)n1.